The molecule has 18 nitrogen and oxygen atoms in total. The molecule has 0 unspecified atom stereocenters. The van der Waals surface area contributed by atoms with Gasteiger partial charge in [-0.3, -0.25) is 0 Å². The molecular formula is C33H62N6O12. The average molecular weight is 735 g/mol. The zero-order valence-electron chi connectivity index (χ0n) is 32.0. The highest BCUT2D eigenvalue weighted by atomic mass is 16.6. The van der Waals surface area contributed by atoms with E-state index in [1.54, 1.807) is 0 Å². The van der Waals surface area contributed by atoms with E-state index in [-0.39, 0.29) is 72.2 Å². The van der Waals surface area contributed by atoms with Gasteiger partial charge in [-0.1, -0.05) is 0 Å². The summed E-state index contributed by atoms with van der Waals surface area (Å²) in [6.45, 7) is 17.7. The molecule has 0 radical (unpaired) electrons. The summed E-state index contributed by atoms with van der Waals surface area (Å²) in [5.74, 6) is 0. The van der Waals surface area contributed by atoms with Crippen LogP contribution in [-0.4, -0.2) is 184 Å². The second-order valence-corrected chi connectivity index (χ2v) is 10.7. The lowest BCUT2D eigenvalue weighted by atomic mass is 10.5. The molecule has 0 bridgehead atoms. The predicted octanol–water partition coefficient (Wildman–Crippen LogP) is 4.17. The Labute approximate surface area is 303 Å². The van der Waals surface area contributed by atoms with Crippen LogP contribution in [0.1, 0.15) is 61.8 Å². The third-order valence-corrected chi connectivity index (χ3v) is 7.69. The average Bonchev–Trinajstić information content (AvgIpc) is 3.12. The summed E-state index contributed by atoms with van der Waals surface area (Å²) in [7, 11) is 0. The monoisotopic (exact) mass is 734 g/mol. The fraction of sp³-hybridized carbons (Fsp3) is 0.818. The second kappa shape index (κ2) is 28.3. The summed E-state index contributed by atoms with van der Waals surface area (Å²) >= 11 is 0. The van der Waals surface area contributed by atoms with E-state index < -0.39 is 36.6 Å². The number of nitrogens with zero attached hydrogens (tertiary/aromatic N) is 6. The van der Waals surface area contributed by atoms with Gasteiger partial charge in [0.15, 0.2) is 0 Å². The lowest BCUT2D eigenvalue weighted by Gasteiger charge is -2.25. The standard InChI is InChI=1S/C33H62N6O12/c1-9-34(10-2)28(40)48-24-18-38(19-25-49-29(41)35(11-3)12-4)32(44)46-22-17-23-47-33(45)39(20-26-50-30(42)36(13-5)14-6)21-27-51-31(43)37(15-7)16-8/h9-27H2,1-8H3. The van der Waals surface area contributed by atoms with Gasteiger partial charge in [-0.2, -0.15) is 0 Å². The van der Waals surface area contributed by atoms with Gasteiger partial charge in [0.1, 0.15) is 26.4 Å². The van der Waals surface area contributed by atoms with Crippen molar-refractivity contribution < 1.29 is 57.2 Å². The smallest absolute Gasteiger partial charge is 0.409 e. The molecule has 296 valence electrons. The number of rotatable bonds is 24. The van der Waals surface area contributed by atoms with Crippen LogP contribution >= 0.6 is 0 Å². The van der Waals surface area contributed by atoms with Gasteiger partial charge in [0, 0.05) is 58.8 Å². The van der Waals surface area contributed by atoms with Crippen LogP contribution in [0.2, 0.25) is 0 Å². The van der Waals surface area contributed by atoms with Crippen LogP contribution in [-0.2, 0) is 28.4 Å². The molecule has 0 aliphatic carbocycles. The molecule has 0 heterocycles. The number of ether oxygens (including phenoxy) is 6. The van der Waals surface area contributed by atoms with Crippen LogP contribution in [0.5, 0.6) is 0 Å². The SMILES string of the molecule is CCN(CC)C(=O)OCCN(CCOC(=O)N(CC)CC)C(=O)OCCCOC(=O)N(CCOC(=O)N(CC)CC)CCOC(=O)N(CC)CC. The number of amides is 6. The van der Waals surface area contributed by atoms with Crippen LogP contribution in [0.4, 0.5) is 28.8 Å². The van der Waals surface area contributed by atoms with Crippen LogP contribution in [0.15, 0.2) is 0 Å². The second-order valence-electron chi connectivity index (χ2n) is 10.7. The molecule has 0 aromatic rings. The van der Waals surface area contributed by atoms with E-state index >= 15 is 0 Å². The molecule has 6 amide bonds. The van der Waals surface area contributed by atoms with Gasteiger partial charge < -0.3 is 57.8 Å². The highest BCUT2D eigenvalue weighted by molar-refractivity contribution is 5.70. The fourth-order valence-corrected chi connectivity index (χ4v) is 4.41. The van der Waals surface area contributed by atoms with Crippen molar-refractivity contribution in [1.82, 2.24) is 29.4 Å². The molecule has 0 aliphatic rings. The van der Waals surface area contributed by atoms with Crippen molar-refractivity contribution in [1.29, 1.82) is 0 Å². The lowest BCUT2D eigenvalue weighted by Crippen LogP contribution is -2.40. The number of hydrogen-bond acceptors (Lipinski definition) is 12. The van der Waals surface area contributed by atoms with Crippen LogP contribution < -0.4 is 0 Å². The molecule has 0 aromatic carbocycles. The minimum atomic E-state index is -0.731. The number of hydrogen-bond donors (Lipinski definition) is 0. The Balaban J connectivity index is 5.16. The van der Waals surface area contributed by atoms with Crippen molar-refractivity contribution in [2.24, 2.45) is 0 Å². The first kappa shape index (κ1) is 46.6. The van der Waals surface area contributed by atoms with Crippen LogP contribution in [0.3, 0.4) is 0 Å². The Bertz CT molecular complexity index is 882. The zero-order valence-corrected chi connectivity index (χ0v) is 32.0. The minimum Gasteiger partial charge on any atom is -0.449 e. The molecule has 0 spiro atoms. The topological polar surface area (TPSA) is 177 Å². The van der Waals surface area contributed by atoms with Crippen molar-refractivity contribution in [3.8, 4) is 0 Å². The van der Waals surface area contributed by atoms with Crippen molar-refractivity contribution in [2.45, 2.75) is 61.8 Å². The normalized spacial score (nSPS) is 10.4. The molecule has 0 aliphatic heterocycles. The minimum absolute atomic E-state index is 0.00367. The third-order valence-electron chi connectivity index (χ3n) is 7.69. The number of carbonyl (C=O) groups is 6. The Morgan fingerprint density at radius 3 is 0.667 bits per heavy atom. The first-order chi connectivity index (χ1) is 24.5. The maximum absolute atomic E-state index is 12.9. The van der Waals surface area contributed by atoms with Crippen molar-refractivity contribution in [3.05, 3.63) is 0 Å². The van der Waals surface area contributed by atoms with Gasteiger partial charge in [-0.25, -0.2) is 28.8 Å². The summed E-state index contributed by atoms with van der Waals surface area (Å²) in [6, 6.07) is 0. The highest BCUT2D eigenvalue weighted by Crippen LogP contribution is 2.03. The Morgan fingerprint density at radius 2 is 0.471 bits per heavy atom. The van der Waals surface area contributed by atoms with Crippen LogP contribution in [0.25, 0.3) is 0 Å². The molecular weight excluding hydrogens is 672 g/mol. The van der Waals surface area contributed by atoms with E-state index in [1.807, 2.05) is 55.4 Å². The first-order valence-corrected chi connectivity index (χ1v) is 18.0. The lowest BCUT2D eigenvalue weighted by molar-refractivity contribution is 0.0505. The molecule has 51 heavy (non-hydrogen) atoms. The molecule has 18 heteroatoms. The highest BCUT2D eigenvalue weighted by Gasteiger charge is 2.21. The van der Waals surface area contributed by atoms with Crippen molar-refractivity contribution >= 4 is 36.6 Å². The molecule has 0 N–H and O–H groups in total. The summed E-state index contributed by atoms with van der Waals surface area (Å²) < 4.78 is 31.9. The third kappa shape index (κ3) is 19.0. The van der Waals surface area contributed by atoms with Gasteiger partial charge in [-0.05, 0) is 55.4 Å². The van der Waals surface area contributed by atoms with Crippen LogP contribution in [0, 0.1) is 0 Å². The van der Waals surface area contributed by atoms with Gasteiger partial charge in [0.25, 0.3) is 0 Å². The Hall–Kier alpha value is -4.38. The largest absolute Gasteiger partial charge is 0.449 e. The van der Waals surface area contributed by atoms with Gasteiger partial charge in [-0.15, -0.1) is 0 Å². The molecule has 0 saturated carbocycles. The summed E-state index contributed by atoms with van der Waals surface area (Å²) in [5, 5.41) is 0. The van der Waals surface area contributed by atoms with Gasteiger partial charge in [0.05, 0.1) is 39.4 Å². The predicted molar refractivity (Wildman–Crippen MR) is 188 cm³/mol. The Morgan fingerprint density at radius 1 is 0.294 bits per heavy atom. The maximum atomic E-state index is 12.9. The van der Waals surface area contributed by atoms with E-state index in [9.17, 15) is 28.8 Å². The quantitative estimate of drug-likeness (QED) is 0.102. The maximum Gasteiger partial charge on any atom is 0.409 e. The Kier molecular flexibility index (Phi) is 25.9. The van der Waals surface area contributed by atoms with Crippen molar-refractivity contribution in [3.63, 3.8) is 0 Å². The van der Waals surface area contributed by atoms with Gasteiger partial charge >= 0.3 is 36.6 Å². The number of carbonyl (C=O) groups excluding carboxylic acids is 6. The van der Waals surface area contributed by atoms with E-state index in [4.69, 9.17) is 28.4 Å². The van der Waals surface area contributed by atoms with E-state index in [0.717, 1.165) is 0 Å². The van der Waals surface area contributed by atoms with Crippen molar-refractivity contribution in [2.75, 3.05) is 118 Å². The molecule has 0 rings (SSSR count). The van der Waals surface area contributed by atoms with E-state index in [2.05, 4.69) is 0 Å². The van der Waals surface area contributed by atoms with E-state index in [0.29, 0.717) is 52.4 Å². The molecule has 0 saturated heterocycles. The first-order valence-electron chi connectivity index (χ1n) is 18.0. The molecule has 0 aromatic heterocycles. The molecule has 0 atom stereocenters. The summed E-state index contributed by atoms with van der Waals surface area (Å²) in [4.78, 5) is 83.3. The zero-order chi connectivity index (χ0) is 38.6. The molecule has 0 fully saturated rings. The summed E-state index contributed by atoms with van der Waals surface area (Å²) in [5.41, 5.74) is 0. The van der Waals surface area contributed by atoms with E-state index in [1.165, 1.54) is 29.4 Å². The fourth-order valence-electron chi connectivity index (χ4n) is 4.41. The van der Waals surface area contributed by atoms with Gasteiger partial charge in [0.2, 0.25) is 0 Å². The summed E-state index contributed by atoms with van der Waals surface area (Å²) in [6.07, 6.45) is -3.36.